The van der Waals surface area contributed by atoms with Crippen molar-refractivity contribution >= 4 is 0 Å². The Labute approximate surface area is 85.0 Å². The van der Waals surface area contributed by atoms with E-state index in [9.17, 15) is 0 Å². The molecule has 0 radical (unpaired) electrons. The number of hydrogen-bond donors (Lipinski definition) is 1. The van der Waals surface area contributed by atoms with Gasteiger partial charge in [-0.15, -0.1) is 0 Å². The molecule has 0 saturated heterocycles. The van der Waals surface area contributed by atoms with Gasteiger partial charge in [0.15, 0.2) is 0 Å². The highest BCUT2D eigenvalue weighted by Gasteiger charge is 2.20. The van der Waals surface area contributed by atoms with Crippen molar-refractivity contribution in [2.45, 2.75) is 45.2 Å². The molecule has 0 aromatic carbocycles. The molecule has 14 heavy (non-hydrogen) atoms. The van der Waals surface area contributed by atoms with Crippen LogP contribution in [0, 0.1) is 0 Å². The minimum atomic E-state index is 0.484. The zero-order valence-electron chi connectivity index (χ0n) is 8.83. The van der Waals surface area contributed by atoms with Crippen molar-refractivity contribution in [1.29, 1.82) is 0 Å². The van der Waals surface area contributed by atoms with Gasteiger partial charge in [0.05, 0.1) is 6.54 Å². The molecular weight excluding hydrogens is 174 g/mol. The lowest BCUT2D eigenvalue weighted by atomic mass is 10.1. The van der Waals surface area contributed by atoms with E-state index in [-0.39, 0.29) is 0 Å². The van der Waals surface area contributed by atoms with Crippen LogP contribution in [0.4, 0.5) is 0 Å². The fourth-order valence-electron chi connectivity index (χ4n) is 1.34. The molecule has 3 heteroatoms. The monoisotopic (exact) mass is 191 g/mol. The first-order valence-electron chi connectivity index (χ1n) is 5.31. The molecule has 3 nitrogen and oxygen atoms in total. The molecule has 1 aromatic rings. The topological polar surface area (TPSA) is 37.8 Å². The molecule has 0 atom stereocenters. The second-order valence-electron chi connectivity index (χ2n) is 4.21. The summed E-state index contributed by atoms with van der Waals surface area (Å²) in [7, 11) is 0. The highest BCUT2D eigenvalue weighted by Crippen LogP contribution is 2.19. The van der Waals surface area contributed by atoms with Crippen molar-refractivity contribution < 1.29 is 0 Å². The van der Waals surface area contributed by atoms with Crippen molar-refractivity contribution in [1.82, 2.24) is 15.3 Å². The van der Waals surface area contributed by atoms with Crippen LogP contribution in [0.5, 0.6) is 0 Å². The summed E-state index contributed by atoms with van der Waals surface area (Å²) in [6, 6.07) is 2.71. The maximum atomic E-state index is 4.50. The summed E-state index contributed by atoms with van der Waals surface area (Å²) >= 11 is 0. The summed E-state index contributed by atoms with van der Waals surface area (Å²) in [6.45, 7) is 5.12. The predicted molar refractivity (Wildman–Crippen MR) is 56.0 cm³/mol. The summed E-state index contributed by atoms with van der Waals surface area (Å²) in [4.78, 5) is 8.75. The quantitative estimate of drug-likeness (QED) is 0.789. The normalized spacial score (nSPS) is 16.2. The first-order chi connectivity index (χ1) is 6.75. The molecule has 1 saturated carbocycles. The number of nitrogens with one attached hydrogen (secondary N) is 1. The minimum Gasteiger partial charge on any atom is -0.307 e. The van der Waals surface area contributed by atoms with Gasteiger partial charge < -0.3 is 5.32 Å². The molecular formula is C11H17N3. The van der Waals surface area contributed by atoms with E-state index in [2.05, 4.69) is 29.1 Å². The van der Waals surface area contributed by atoms with E-state index < -0.39 is 0 Å². The van der Waals surface area contributed by atoms with Crippen LogP contribution in [0.1, 0.15) is 44.1 Å². The fraction of sp³-hybridized carbons (Fsp3) is 0.636. The molecule has 0 spiro atoms. The first kappa shape index (κ1) is 9.59. The lowest BCUT2D eigenvalue weighted by Gasteiger charge is -2.06. The fourth-order valence-corrected chi connectivity index (χ4v) is 1.34. The SMILES string of the molecule is CC(C)c1ccnc(CNC2CC2)n1. The average molecular weight is 191 g/mol. The van der Waals surface area contributed by atoms with Crippen LogP contribution in [0.2, 0.25) is 0 Å². The van der Waals surface area contributed by atoms with Gasteiger partial charge in [0.2, 0.25) is 0 Å². The summed E-state index contributed by atoms with van der Waals surface area (Å²) in [6.07, 6.45) is 4.47. The first-order valence-corrected chi connectivity index (χ1v) is 5.31. The van der Waals surface area contributed by atoms with Crippen LogP contribution < -0.4 is 5.32 Å². The second-order valence-corrected chi connectivity index (χ2v) is 4.21. The third kappa shape index (κ3) is 2.51. The minimum absolute atomic E-state index is 0.484. The zero-order valence-corrected chi connectivity index (χ0v) is 8.83. The lowest BCUT2D eigenvalue weighted by Crippen LogP contribution is -2.17. The van der Waals surface area contributed by atoms with E-state index in [4.69, 9.17) is 0 Å². The van der Waals surface area contributed by atoms with Crippen molar-refractivity contribution in [3.05, 3.63) is 23.8 Å². The third-order valence-electron chi connectivity index (χ3n) is 2.44. The smallest absolute Gasteiger partial charge is 0.142 e. The molecule has 1 aliphatic carbocycles. The van der Waals surface area contributed by atoms with Crippen molar-refractivity contribution in [2.75, 3.05) is 0 Å². The molecule has 1 aromatic heterocycles. The van der Waals surface area contributed by atoms with Crippen LogP contribution in [0.25, 0.3) is 0 Å². The Bertz CT molecular complexity index is 305. The van der Waals surface area contributed by atoms with Crippen molar-refractivity contribution in [3.8, 4) is 0 Å². The van der Waals surface area contributed by atoms with Crippen LogP contribution in [-0.2, 0) is 6.54 Å². The molecule has 1 aliphatic rings. The molecule has 1 fully saturated rings. The van der Waals surface area contributed by atoms with E-state index in [1.165, 1.54) is 12.8 Å². The molecule has 2 rings (SSSR count). The van der Waals surface area contributed by atoms with Crippen molar-refractivity contribution in [2.24, 2.45) is 0 Å². The Hall–Kier alpha value is -0.960. The molecule has 1 N–H and O–H groups in total. The summed E-state index contributed by atoms with van der Waals surface area (Å²) < 4.78 is 0. The van der Waals surface area contributed by atoms with E-state index >= 15 is 0 Å². The highest BCUT2D eigenvalue weighted by atomic mass is 15.0. The molecule has 1 heterocycles. The van der Waals surface area contributed by atoms with Crippen LogP contribution in [0.3, 0.4) is 0 Å². The van der Waals surface area contributed by atoms with Gasteiger partial charge in [0.25, 0.3) is 0 Å². The Morgan fingerprint density at radius 2 is 2.29 bits per heavy atom. The second kappa shape index (κ2) is 4.05. The maximum Gasteiger partial charge on any atom is 0.142 e. The van der Waals surface area contributed by atoms with E-state index in [0.717, 1.165) is 24.1 Å². The Morgan fingerprint density at radius 1 is 1.50 bits per heavy atom. The zero-order chi connectivity index (χ0) is 9.97. The molecule has 76 valence electrons. The van der Waals surface area contributed by atoms with Gasteiger partial charge in [-0.3, -0.25) is 0 Å². The third-order valence-corrected chi connectivity index (χ3v) is 2.44. The van der Waals surface area contributed by atoms with Gasteiger partial charge in [-0.25, -0.2) is 9.97 Å². The number of hydrogen-bond acceptors (Lipinski definition) is 3. The standard InChI is InChI=1S/C11H17N3/c1-8(2)10-5-6-12-11(14-10)7-13-9-3-4-9/h5-6,8-9,13H,3-4,7H2,1-2H3. The van der Waals surface area contributed by atoms with Gasteiger partial charge in [0, 0.05) is 17.9 Å². The average Bonchev–Trinajstić information content (AvgIpc) is 2.99. The van der Waals surface area contributed by atoms with Crippen LogP contribution in [-0.4, -0.2) is 16.0 Å². The van der Waals surface area contributed by atoms with Gasteiger partial charge in [-0.2, -0.15) is 0 Å². The summed E-state index contributed by atoms with van der Waals surface area (Å²) in [5.74, 6) is 1.40. The molecule has 0 unspecified atom stereocenters. The van der Waals surface area contributed by atoms with E-state index in [1.807, 2.05) is 12.3 Å². The molecule has 0 aliphatic heterocycles. The number of rotatable bonds is 4. The Morgan fingerprint density at radius 3 is 2.93 bits per heavy atom. The van der Waals surface area contributed by atoms with Crippen molar-refractivity contribution in [3.63, 3.8) is 0 Å². The maximum absolute atomic E-state index is 4.50. The molecule has 0 bridgehead atoms. The molecule has 0 amide bonds. The van der Waals surface area contributed by atoms with Gasteiger partial charge in [0.1, 0.15) is 5.82 Å². The van der Waals surface area contributed by atoms with Crippen LogP contribution >= 0.6 is 0 Å². The predicted octanol–water partition coefficient (Wildman–Crippen LogP) is 1.85. The highest BCUT2D eigenvalue weighted by molar-refractivity contribution is 5.06. The summed E-state index contributed by atoms with van der Waals surface area (Å²) in [5, 5.41) is 3.41. The van der Waals surface area contributed by atoms with Gasteiger partial charge >= 0.3 is 0 Å². The lowest BCUT2D eigenvalue weighted by molar-refractivity contribution is 0.648. The number of aromatic nitrogens is 2. The largest absolute Gasteiger partial charge is 0.307 e. The van der Waals surface area contributed by atoms with Gasteiger partial charge in [-0.05, 0) is 24.8 Å². The summed E-state index contributed by atoms with van der Waals surface area (Å²) in [5.41, 5.74) is 1.13. The number of nitrogens with zero attached hydrogens (tertiary/aromatic N) is 2. The Balaban J connectivity index is 1.97. The van der Waals surface area contributed by atoms with Crippen LogP contribution in [0.15, 0.2) is 12.3 Å². The van der Waals surface area contributed by atoms with E-state index in [0.29, 0.717) is 5.92 Å². The van der Waals surface area contributed by atoms with Gasteiger partial charge in [-0.1, -0.05) is 13.8 Å². The van der Waals surface area contributed by atoms with E-state index in [1.54, 1.807) is 0 Å². The Kier molecular flexibility index (Phi) is 2.77.